The first kappa shape index (κ1) is 19.8. The second-order valence-corrected chi connectivity index (χ2v) is 6.19. The number of rotatable bonds is 6. The minimum atomic E-state index is -0.395. The maximum Gasteiger partial charge on any atom is 0.271 e. The number of hydrogen-bond donors (Lipinski definition) is 2. The van der Waals surface area contributed by atoms with Gasteiger partial charge in [0.25, 0.3) is 5.91 Å². The number of anilines is 1. The van der Waals surface area contributed by atoms with Crippen molar-refractivity contribution in [1.29, 1.82) is 0 Å². The van der Waals surface area contributed by atoms with E-state index in [2.05, 4.69) is 15.8 Å². The maximum atomic E-state index is 12.1. The monoisotopic (exact) mass is 393 g/mol. The Bertz CT molecular complexity index is 853. The van der Waals surface area contributed by atoms with Gasteiger partial charge in [-0.1, -0.05) is 29.3 Å². The highest BCUT2D eigenvalue weighted by Crippen LogP contribution is 2.25. The lowest BCUT2D eigenvalue weighted by Crippen LogP contribution is -2.21. The van der Waals surface area contributed by atoms with Gasteiger partial charge in [0.05, 0.1) is 23.6 Å². The lowest BCUT2D eigenvalue weighted by Gasteiger charge is -2.07. The van der Waals surface area contributed by atoms with Crippen LogP contribution < -0.4 is 15.5 Å². The Balaban J connectivity index is 1.91. The van der Waals surface area contributed by atoms with Gasteiger partial charge in [-0.15, -0.1) is 0 Å². The van der Waals surface area contributed by atoms with E-state index in [9.17, 15) is 9.59 Å². The number of carbonyl (C=O) groups excluding carboxylic acids is 2. The van der Waals surface area contributed by atoms with Crippen molar-refractivity contribution in [2.45, 2.75) is 13.3 Å². The van der Waals surface area contributed by atoms with Gasteiger partial charge >= 0.3 is 0 Å². The van der Waals surface area contributed by atoms with Gasteiger partial charge in [0.1, 0.15) is 5.75 Å². The molecule has 26 heavy (non-hydrogen) atoms. The fraction of sp³-hybridized carbons (Fsp3) is 0.167. The van der Waals surface area contributed by atoms with Crippen molar-refractivity contribution in [3.05, 3.63) is 58.1 Å². The highest BCUT2D eigenvalue weighted by atomic mass is 35.5. The Morgan fingerprint density at radius 1 is 1.12 bits per heavy atom. The average molecular weight is 394 g/mol. The SMILES string of the molecule is COc1cccc(C(=O)NN=C(C)CC(=O)Nc2ccc(Cl)c(Cl)c2)c1. The molecule has 0 aliphatic heterocycles. The predicted molar refractivity (Wildman–Crippen MR) is 103 cm³/mol. The lowest BCUT2D eigenvalue weighted by atomic mass is 10.2. The van der Waals surface area contributed by atoms with Crippen LogP contribution in [0, 0.1) is 0 Å². The number of carbonyl (C=O) groups is 2. The van der Waals surface area contributed by atoms with E-state index in [1.165, 1.54) is 7.11 Å². The first-order valence-electron chi connectivity index (χ1n) is 7.61. The van der Waals surface area contributed by atoms with Crippen LogP contribution in [0.5, 0.6) is 5.75 Å². The number of hydrazone groups is 1. The van der Waals surface area contributed by atoms with E-state index in [1.54, 1.807) is 49.4 Å². The van der Waals surface area contributed by atoms with Crippen molar-refractivity contribution < 1.29 is 14.3 Å². The van der Waals surface area contributed by atoms with Gasteiger partial charge in [0.15, 0.2) is 0 Å². The van der Waals surface area contributed by atoms with Crippen LogP contribution >= 0.6 is 23.2 Å². The van der Waals surface area contributed by atoms with Crippen molar-refractivity contribution in [2.24, 2.45) is 5.10 Å². The molecule has 0 aliphatic carbocycles. The van der Waals surface area contributed by atoms with Crippen LogP contribution in [0.3, 0.4) is 0 Å². The van der Waals surface area contributed by atoms with Crippen molar-refractivity contribution >= 4 is 46.4 Å². The molecule has 2 N–H and O–H groups in total. The molecule has 6 nitrogen and oxygen atoms in total. The van der Waals surface area contributed by atoms with E-state index in [0.717, 1.165) is 0 Å². The highest BCUT2D eigenvalue weighted by molar-refractivity contribution is 6.42. The molecule has 8 heteroatoms. The topological polar surface area (TPSA) is 79.8 Å². The zero-order valence-corrected chi connectivity index (χ0v) is 15.7. The first-order chi connectivity index (χ1) is 12.4. The molecular weight excluding hydrogens is 377 g/mol. The Morgan fingerprint density at radius 2 is 1.88 bits per heavy atom. The van der Waals surface area contributed by atoms with E-state index < -0.39 is 5.91 Å². The van der Waals surface area contributed by atoms with Crippen LogP contribution in [0.15, 0.2) is 47.6 Å². The summed E-state index contributed by atoms with van der Waals surface area (Å²) in [7, 11) is 1.52. The van der Waals surface area contributed by atoms with Gasteiger partial charge in [-0.25, -0.2) is 5.43 Å². The quantitative estimate of drug-likeness (QED) is 0.571. The minimum absolute atomic E-state index is 0.0125. The lowest BCUT2D eigenvalue weighted by molar-refractivity contribution is -0.115. The number of hydrogen-bond acceptors (Lipinski definition) is 4. The van der Waals surface area contributed by atoms with Crippen molar-refractivity contribution in [3.63, 3.8) is 0 Å². The van der Waals surface area contributed by atoms with Crippen LogP contribution in [-0.4, -0.2) is 24.6 Å². The van der Waals surface area contributed by atoms with E-state index in [1.807, 2.05) is 0 Å². The van der Waals surface area contributed by atoms with E-state index >= 15 is 0 Å². The fourth-order valence-electron chi connectivity index (χ4n) is 2.03. The summed E-state index contributed by atoms with van der Waals surface area (Å²) in [5.41, 5.74) is 3.78. The van der Waals surface area contributed by atoms with E-state index in [4.69, 9.17) is 27.9 Å². The maximum absolute atomic E-state index is 12.1. The predicted octanol–water partition coefficient (Wildman–Crippen LogP) is 4.14. The Labute approximate surface area is 161 Å². The largest absolute Gasteiger partial charge is 0.497 e. The van der Waals surface area contributed by atoms with Crippen molar-refractivity contribution in [2.75, 3.05) is 12.4 Å². The molecule has 0 aliphatic rings. The number of nitrogens with zero attached hydrogens (tertiary/aromatic N) is 1. The Kier molecular flexibility index (Phi) is 7.00. The summed E-state index contributed by atoms with van der Waals surface area (Å²) < 4.78 is 5.07. The summed E-state index contributed by atoms with van der Waals surface area (Å²) in [5, 5.41) is 7.37. The summed E-state index contributed by atoms with van der Waals surface area (Å²) in [6.07, 6.45) is 0.0125. The molecule has 0 spiro atoms. The van der Waals surface area contributed by atoms with Gasteiger partial charge in [0.2, 0.25) is 5.91 Å². The average Bonchev–Trinajstić information content (AvgIpc) is 2.62. The number of halogens is 2. The summed E-state index contributed by atoms with van der Waals surface area (Å²) >= 11 is 11.7. The third-order valence-corrected chi connectivity index (χ3v) is 4.04. The first-order valence-corrected chi connectivity index (χ1v) is 8.37. The molecule has 136 valence electrons. The number of ether oxygens (including phenoxy) is 1. The molecule has 0 fully saturated rings. The third-order valence-electron chi connectivity index (χ3n) is 3.30. The summed E-state index contributed by atoms with van der Waals surface area (Å²) in [4.78, 5) is 24.1. The molecule has 0 aromatic heterocycles. The normalized spacial score (nSPS) is 11.0. The van der Waals surface area contributed by atoms with Crippen molar-refractivity contribution in [1.82, 2.24) is 5.43 Å². The van der Waals surface area contributed by atoms with Crippen molar-refractivity contribution in [3.8, 4) is 5.75 Å². The second-order valence-electron chi connectivity index (χ2n) is 5.37. The highest BCUT2D eigenvalue weighted by Gasteiger charge is 2.08. The van der Waals surface area contributed by atoms with Crippen LogP contribution in [0.4, 0.5) is 5.69 Å². The molecule has 2 rings (SSSR count). The van der Waals surface area contributed by atoms with E-state index in [-0.39, 0.29) is 12.3 Å². The molecule has 0 unspecified atom stereocenters. The van der Waals surface area contributed by atoms with Gasteiger partial charge < -0.3 is 10.1 Å². The minimum Gasteiger partial charge on any atom is -0.497 e. The number of nitrogens with one attached hydrogen (secondary N) is 2. The molecule has 0 saturated carbocycles. The third kappa shape index (κ3) is 5.75. The summed E-state index contributed by atoms with van der Waals surface area (Å²) in [6.45, 7) is 1.64. The molecule has 2 aromatic carbocycles. The Morgan fingerprint density at radius 3 is 2.58 bits per heavy atom. The van der Waals surface area contributed by atoms with Crippen LogP contribution in [0.25, 0.3) is 0 Å². The van der Waals surface area contributed by atoms with Gasteiger partial charge in [-0.05, 0) is 43.3 Å². The van der Waals surface area contributed by atoms with Crippen LogP contribution in [0.2, 0.25) is 10.0 Å². The van der Waals surface area contributed by atoms with Gasteiger partial charge in [-0.2, -0.15) is 5.10 Å². The molecule has 0 bridgehead atoms. The van der Waals surface area contributed by atoms with E-state index in [0.29, 0.717) is 32.8 Å². The zero-order chi connectivity index (χ0) is 19.1. The standard InChI is InChI=1S/C18H17Cl2N3O3/c1-11(8-17(24)21-13-6-7-15(19)16(20)10-13)22-23-18(25)12-4-3-5-14(9-12)26-2/h3-7,9-10H,8H2,1-2H3,(H,21,24)(H,23,25). The smallest absolute Gasteiger partial charge is 0.271 e. The molecular formula is C18H17Cl2N3O3. The molecule has 2 amide bonds. The van der Waals surface area contributed by atoms with Crippen LogP contribution in [-0.2, 0) is 4.79 Å². The zero-order valence-electron chi connectivity index (χ0n) is 14.2. The number of methoxy groups -OCH3 is 1. The molecule has 0 saturated heterocycles. The fourth-order valence-corrected chi connectivity index (χ4v) is 2.32. The molecule has 0 heterocycles. The summed E-state index contributed by atoms with van der Waals surface area (Å²) in [5.74, 6) is -0.118. The number of benzene rings is 2. The molecule has 2 aromatic rings. The second kappa shape index (κ2) is 9.22. The van der Waals surface area contributed by atoms with Gasteiger partial charge in [-0.3, -0.25) is 9.59 Å². The molecule has 0 radical (unpaired) electrons. The van der Waals surface area contributed by atoms with Gasteiger partial charge in [0, 0.05) is 17.0 Å². The summed E-state index contributed by atoms with van der Waals surface area (Å²) in [6, 6.07) is 11.5. The Hall–Kier alpha value is -2.57. The number of amides is 2. The molecule has 0 atom stereocenters. The van der Waals surface area contributed by atoms with Crippen LogP contribution in [0.1, 0.15) is 23.7 Å².